The van der Waals surface area contributed by atoms with Crippen molar-refractivity contribution in [2.75, 3.05) is 19.4 Å². The summed E-state index contributed by atoms with van der Waals surface area (Å²) in [5.41, 5.74) is 2.39. The molecule has 0 aromatic heterocycles. The molecule has 0 aliphatic carbocycles. The number of aryl methyl sites for hydroxylation is 1. The minimum atomic E-state index is 0.171. The summed E-state index contributed by atoms with van der Waals surface area (Å²) < 4.78 is 5.32. The lowest BCUT2D eigenvalue weighted by Crippen LogP contribution is -2.32. The number of methoxy groups -OCH3 is 1. The molecule has 1 heterocycles. The van der Waals surface area contributed by atoms with E-state index in [2.05, 4.69) is 25.1 Å². The van der Waals surface area contributed by atoms with Crippen LogP contribution in [0.5, 0.6) is 5.75 Å². The lowest BCUT2D eigenvalue weighted by molar-refractivity contribution is -0.129. The van der Waals surface area contributed by atoms with Crippen molar-refractivity contribution in [3.63, 3.8) is 0 Å². The smallest absolute Gasteiger partial charge is 0.233 e. The van der Waals surface area contributed by atoms with E-state index in [-0.39, 0.29) is 11.9 Å². The van der Waals surface area contributed by atoms with Gasteiger partial charge in [0.1, 0.15) is 5.75 Å². The van der Waals surface area contributed by atoms with E-state index in [0.717, 1.165) is 25.1 Å². The number of carbonyl (C=O) groups excluding carboxylic acids is 1. The Kier molecular flexibility index (Phi) is 5.46. The van der Waals surface area contributed by atoms with Crippen LogP contribution in [0.4, 0.5) is 0 Å². The standard InChI is InChI=1S/C20H23NO2S/c1-15-7-3-4-11-19(15)24-14-20(22)21-12-6-10-18(21)16-8-5-9-17(13-16)23-2/h3-5,7-9,11,13,18H,6,10,12,14H2,1-2H3. The van der Waals surface area contributed by atoms with Crippen molar-refractivity contribution in [1.82, 2.24) is 4.90 Å². The van der Waals surface area contributed by atoms with Gasteiger partial charge in [0.2, 0.25) is 5.91 Å². The van der Waals surface area contributed by atoms with Crippen molar-refractivity contribution in [3.05, 3.63) is 59.7 Å². The summed E-state index contributed by atoms with van der Waals surface area (Å²) in [6.45, 7) is 2.93. The van der Waals surface area contributed by atoms with Crippen LogP contribution in [0, 0.1) is 6.92 Å². The van der Waals surface area contributed by atoms with Crippen molar-refractivity contribution in [2.24, 2.45) is 0 Å². The van der Waals surface area contributed by atoms with Gasteiger partial charge in [-0.2, -0.15) is 0 Å². The Labute approximate surface area is 148 Å². The zero-order chi connectivity index (χ0) is 16.9. The molecule has 0 spiro atoms. The predicted molar refractivity (Wildman–Crippen MR) is 98.6 cm³/mol. The van der Waals surface area contributed by atoms with Crippen molar-refractivity contribution < 1.29 is 9.53 Å². The van der Waals surface area contributed by atoms with E-state index in [4.69, 9.17) is 4.74 Å². The molecule has 1 aliphatic rings. The summed E-state index contributed by atoms with van der Waals surface area (Å²) in [5, 5.41) is 0. The van der Waals surface area contributed by atoms with Gasteiger partial charge in [0.25, 0.3) is 0 Å². The van der Waals surface area contributed by atoms with Crippen LogP contribution in [0.3, 0.4) is 0 Å². The average molecular weight is 341 g/mol. The minimum absolute atomic E-state index is 0.171. The maximum absolute atomic E-state index is 12.7. The fraction of sp³-hybridized carbons (Fsp3) is 0.350. The highest BCUT2D eigenvalue weighted by Gasteiger charge is 2.29. The minimum Gasteiger partial charge on any atom is -0.497 e. The van der Waals surface area contributed by atoms with Crippen LogP contribution in [0.15, 0.2) is 53.4 Å². The molecule has 0 N–H and O–H groups in total. The molecule has 1 unspecified atom stereocenters. The first-order chi connectivity index (χ1) is 11.7. The van der Waals surface area contributed by atoms with Gasteiger partial charge in [-0.3, -0.25) is 4.79 Å². The first-order valence-electron chi connectivity index (χ1n) is 8.31. The molecule has 2 aromatic carbocycles. The normalized spacial score (nSPS) is 17.1. The number of benzene rings is 2. The molecule has 3 rings (SSSR count). The summed E-state index contributed by atoms with van der Waals surface area (Å²) in [6.07, 6.45) is 2.08. The van der Waals surface area contributed by atoms with Crippen molar-refractivity contribution in [1.29, 1.82) is 0 Å². The van der Waals surface area contributed by atoms with Gasteiger partial charge in [-0.15, -0.1) is 11.8 Å². The Bertz CT molecular complexity index is 716. The topological polar surface area (TPSA) is 29.5 Å². The van der Waals surface area contributed by atoms with E-state index in [1.165, 1.54) is 16.0 Å². The molecule has 1 atom stereocenters. The number of rotatable bonds is 5. The van der Waals surface area contributed by atoms with Crippen LogP contribution in [-0.2, 0) is 4.79 Å². The van der Waals surface area contributed by atoms with Gasteiger partial charge >= 0.3 is 0 Å². The van der Waals surface area contributed by atoms with Gasteiger partial charge in [-0.25, -0.2) is 0 Å². The number of hydrogen-bond donors (Lipinski definition) is 0. The Morgan fingerprint density at radius 1 is 1.25 bits per heavy atom. The van der Waals surface area contributed by atoms with Gasteiger partial charge < -0.3 is 9.64 Å². The molecule has 2 aromatic rings. The van der Waals surface area contributed by atoms with Gasteiger partial charge in [0.05, 0.1) is 18.9 Å². The van der Waals surface area contributed by atoms with Crippen molar-refractivity contribution >= 4 is 17.7 Å². The molecular formula is C20H23NO2S. The number of hydrogen-bond acceptors (Lipinski definition) is 3. The summed E-state index contributed by atoms with van der Waals surface area (Å²) >= 11 is 1.63. The fourth-order valence-corrected chi connectivity index (χ4v) is 4.12. The quantitative estimate of drug-likeness (QED) is 0.752. The van der Waals surface area contributed by atoms with Gasteiger partial charge in [-0.1, -0.05) is 30.3 Å². The first kappa shape index (κ1) is 16.9. The highest BCUT2D eigenvalue weighted by Crippen LogP contribution is 2.34. The van der Waals surface area contributed by atoms with Gasteiger partial charge in [0, 0.05) is 11.4 Å². The van der Waals surface area contributed by atoms with E-state index in [1.807, 2.05) is 35.2 Å². The maximum atomic E-state index is 12.7. The molecule has 1 amide bonds. The Balaban J connectivity index is 1.68. The van der Waals surface area contributed by atoms with Gasteiger partial charge in [-0.05, 0) is 49.1 Å². The molecule has 24 heavy (non-hydrogen) atoms. The van der Waals surface area contributed by atoms with E-state index in [1.54, 1.807) is 18.9 Å². The lowest BCUT2D eigenvalue weighted by Gasteiger charge is -2.25. The molecule has 126 valence electrons. The summed E-state index contributed by atoms with van der Waals surface area (Å²) in [5.74, 6) is 1.56. The Morgan fingerprint density at radius 3 is 2.88 bits per heavy atom. The van der Waals surface area contributed by atoms with Crippen molar-refractivity contribution in [2.45, 2.75) is 30.7 Å². The molecule has 0 radical (unpaired) electrons. The summed E-state index contributed by atoms with van der Waals surface area (Å²) in [4.78, 5) is 16.0. The molecule has 1 aliphatic heterocycles. The average Bonchev–Trinajstić information content (AvgIpc) is 3.11. The maximum Gasteiger partial charge on any atom is 0.233 e. The molecule has 1 fully saturated rings. The molecule has 0 bridgehead atoms. The number of thioether (sulfide) groups is 1. The second-order valence-corrected chi connectivity index (χ2v) is 7.09. The van der Waals surface area contributed by atoms with Crippen LogP contribution < -0.4 is 4.74 Å². The highest BCUT2D eigenvalue weighted by atomic mass is 32.2. The third kappa shape index (κ3) is 3.75. The second-order valence-electron chi connectivity index (χ2n) is 6.08. The van der Waals surface area contributed by atoms with Crippen LogP contribution >= 0.6 is 11.8 Å². The summed E-state index contributed by atoms with van der Waals surface area (Å²) in [6, 6.07) is 16.5. The number of amides is 1. The Morgan fingerprint density at radius 2 is 2.08 bits per heavy atom. The van der Waals surface area contributed by atoms with E-state index >= 15 is 0 Å². The molecule has 3 nitrogen and oxygen atoms in total. The van der Waals surface area contributed by atoms with Crippen LogP contribution in [-0.4, -0.2) is 30.2 Å². The zero-order valence-electron chi connectivity index (χ0n) is 14.2. The predicted octanol–water partition coefficient (Wildman–Crippen LogP) is 4.46. The van der Waals surface area contributed by atoms with Crippen LogP contribution in [0.2, 0.25) is 0 Å². The number of carbonyl (C=O) groups is 1. The molecule has 0 saturated carbocycles. The van der Waals surface area contributed by atoms with Crippen LogP contribution in [0.1, 0.15) is 30.0 Å². The van der Waals surface area contributed by atoms with Gasteiger partial charge in [0.15, 0.2) is 0 Å². The summed E-state index contributed by atoms with van der Waals surface area (Å²) in [7, 11) is 1.68. The van der Waals surface area contributed by atoms with Crippen molar-refractivity contribution in [3.8, 4) is 5.75 Å². The van der Waals surface area contributed by atoms with E-state index in [9.17, 15) is 4.79 Å². The fourth-order valence-electron chi connectivity index (χ4n) is 3.20. The van der Waals surface area contributed by atoms with E-state index < -0.39 is 0 Å². The van der Waals surface area contributed by atoms with Crippen LogP contribution in [0.25, 0.3) is 0 Å². The largest absolute Gasteiger partial charge is 0.497 e. The second kappa shape index (κ2) is 7.75. The number of ether oxygens (including phenoxy) is 1. The number of nitrogens with zero attached hydrogens (tertiary/aromatic N) is 1. The lowest BCUT2D eigenvalue weighted by atomic mass is 10.0. The third-order valence-corrected chi connectivity index (χ3v) is 5.66. The number of likely N-dealkylation sites (tertiary alicyclic amines) is 1. The molecule has 4 heteroatoms. The third-order valence-electron chi connectivity index (χ3n) is 4.50. The Hall–Kier alpha value is -1.94. The zero-order valence-corrected chi connectivity index (χ0v) is 15.0. The first-order valence-corrected chi connectivity index (χ1v) is 9.29. The molecule has 1 saturated heterocycles. The van der Waals surface area contributed by atoms with E-state index in [0.29, 0.717) is 5.75 Å². The SMILES string of the molecule is COc1cccc(C2CCCN2C(=O)CSc2ccccc2C)c1. The molecular weight excluding hydrogens is 318 g/mol. The monoisotopic (exact) mass is 341 g/mol. The highest BCUT2D eigenvalue weighted by molar-refractivity contribution is 8.00.